The number of rotatable bonds is 7. The largest absolute Gasteiger partial charge is 0.379 e. The minimum Gasteiger partial charge on any atom is -0.379 e. The van der Waals surface area contributed by atoms with Gasteiger partial charge < -0.3 is 9.64 Å². The highest BCUT2D eigenvalue weighted by atomic mass is 35.5. The first-order valence-corrected chi connectivity index (χ1v) is 7.30. The maximum Gasteiger partial charge on any atom is 0.256 e. The number of anilines is 1. The van der Waals surface area contributed by atoms with Gasteiger partial charge in [-0.2, -0.15) is 20.1 Å². The number of aromatic nitrogens is 5. The van der Waals surface area contributed by atoms with E-state index < -0.39 is 0 Å². The zero-order valence-electron chi connectivity index (χ0n) is 11.8. The number of hydrogen-bond donors (Lipinski definition) is 0. The van der Waals surface area contributed by atoms with Crippen molar-refractivity contribution in [1.29, 1.82) is 0 Å². The second-order valence-electron chi connectivity index (χ2n) is 5.09. The molecule has 0 spiro atoms. The van der Waals surface area contributed by atoms with Crippen molar-refractivity contribution in [1.82, 2.24) is 24.7 Å². The summed E-state index contributed by atoms with van der Waals surface area (Å²) >= 11 is 5.96. The predicted octanol–water partition coefficient (Wildman–Crippen LogP) is 1.57. The molecule has 2 aromatic rings. The molecule has 21 heavy (non-hydrogen) atoms. The molecular formula is C13H17ClN6O. The zero-order valence-corrected chi connectivity index (χ0v) is 12.6. The van der Waals surface area contributed by atoms with E-state index in [1.807, 2.05) is 11.9 Å². The van der Waals surface area contributed by atoms with Gasteiger partial charge >= 0.3 is 0 Å². The number of likely N-dealkylation sites (N-methyl/N-ethyl adjacent to an activating group) is 1. The van der Waals surface area contributed by atoms with Gasteiger partial charge in [0.1, 0.15) is 0 Å². The smallest absolute Gasteiger partial charge is 0.256 e. The van der Waals surface area contributed by atoms with E-state index in [1.54, 1.807) is 23.1 Å². The third-order valence-corrected chi connectivity index (χ3v) is 3.43. The molecule has 0 aliphatic heterocycles. The third-order valence-electron chi connectivity index (χ3n) is 3.26. The lowest BCUT2D eigenvalue weighted by Gasteiger charge is -2.17. The van der Waals surface area contributed by atoms with Crippen LogP contribution in [-0.2, 0) is 4.74 Å². The van der Waals surface area contributed by atoms with Crippen molar-refractivity contribution in [2.24, 2.45) is 5.92 Å². The van der Waals surface area contributed by atoms with Gasteiger partial charge in [0.05, 0.1) is 6.61 Å². The lowest BCUT2D eigenvalue weighted by molar-refractivity contribution is 0.130. The van der Waals surface area contributed by atoms with Gasteiger partial charge in [0.15, 0.2) is 0 Å². The Hall–Kier alpha value is -1.73. The molecular weight excluding hydrogens is 292 g/mol. The summed E-state index contributed by atoms with van der Waals surface area (Å²) in [6.45, 7) is 2.20. The average Bonchev–Trinajstić information content (AvgIpc) is 3.13. The van der Waals surface area contributed by atoms with E-state index in [0.717, 1.165) is 12.5 Å². The van der Waals surface area contributed by atoms with Crippen molar-refractivity contribution in [3.05, 3.63) is 23.7 Å². The van der Waals surface area contributed by atoms with E-state index in [9.17, 15) is 0 Å². The van der Waals surface area contributed by atoms with Gasteiger partial charge in [0, 0.05) is 32.6 Å². The molecule has 0 aromatic carbocycles. The minimum atomic E-state index is 0.149. The van der Waals surface area contributed by atoms with Crippen LogP contribution >= 0.6 is 11.6 Å². The number of ether oxygens (including phenoxy) is 1. The highest BCUT2D eigenvalue weighted by Gasteiger charge is 2.21. The second kappa shape index (κ2) is 6.36. The fourth-order valence-corrected chi connectivity index (χ4v) is 1.98. The van der Waals surface area contributed by atoms with Gasteiger partial charge in [-0.1, -0.05) is 0 Å². The monoisotopic (exact) mass is 308 g/mol. The van der Waals surface area contributed by atoms with Gasteiger partial charge in [0.25, 0.3) is 5.95 Å². The number of halogens is 1. The molecule has 0 unspecified atom stereocenters. The van der Waals surface area contributed by atoms with Gasteiger partial charge in [-0.05, 0) is 36.4 Å². The highest BCUT2D eigenvalue weighted by molar-refractivity contribution is 6.28. The first kappa shape index (κ1) is 14.2. The second-order valence-corrected chi connectivity index (χ2v) is 5.43. The van der Waals surface area contributed by atoms with Crippen molar-refractivity contribution in [2.45, 2.75) is 12.8 Å². The molecule has 0 radical (unpaired) electrons. The summed E-state index contributed by atoms with van der Waals surface area (Å²) in [4.78, 5) is 14.5. The van der Waals surface area contributed by atoms with Crippen molar-refractivity contribution < 1.29 is 4.74 Å². The highest BCUT2D eigenvalue weighted by Crippen LogP contribution is 2.28. The Morgan fingerprint density at radius 3 is 2.95 bits per heavy atom. The molecule has 112 valence electrons. The first-order chi connectivity index (χ1) is 10.2. The van der Waals surface area contributed by atoms with E-state index in [1.165, 1.54) is 12.8 Å². The summed E-state index contributed by atoms with van der Waals surface area (Å²) in [5.74, 6) is 1.68. The van der Waals surface area contributed by atoms with Crippen LogP contribution in [0.2, 0.25) is 5.28 Å². The molecule has 0 saturated heterocycles. The van der Waals surface area contributed by atoms with Crippen LogP contribution < -0.4 is 4.90 Å². The summed E-state index contributed by atoms with van der Waals surface area (Å²) in [6.07, 6.45) is 6.01. The minimum absolute atomic E-state index is 0.149. The van der Waals surface area contributed by atoms with Crippen LogP contribution in [0.25, 0.3) is 5.95 Å². The number of nitrogens with zero attached hydrogens (tertiary/aromatic N) is 6. The molecule has 1 aliphatic carbocycles. The Morgan fingerprint density at radius 1 is 1.38 bits per heavy atom. The average molecular weight is 309 g/mol. The molecule has 0 bridgehead atoms. The Balaban J connectivity index is 1.62. The Kier molecular flexibility index (Phi) is 4.31. The maximum absolute atomic E-state index is 5.96. The van der Waals surface area contributed by atoms with Crippen molar-refractivity contribution in [3.8, 4) is 5.95 Å². The van der Waals surface area contributed by atoms with Crippen molar-refractivity contribution in [3.63, 3.8) is 0 Å². The molecule has 0 atom stereocenters. The van der Waals surface area contributed by atoms with Crippen LogP contribution in [0.1, 0.15) is 12.8 Å². The third kappa shape index (κ3) is 3.89. The number of hydrogen-bond acceptors (Lipinski definition) is 6. The Bertz CT molecular complexity index is 586. The summed E-state index contributed by atoms with van der Waals surface area (Å²) < 4.78 is 7.17. The summed E-state index contributed by atoms with van der Waals surface area (Å²) in [6, 6.07) is 1.80. The summed E-state index contributed by atoms with van der Waals surface area (Å²) in [5.41, 5.74) is 0. The Morgan fingerprint density at radius 2 is 2.24 bits per heavy atom. The fraction of sp³-hybridized carbons (Fsp3) is 0.538. The molecule has 1 fully saturated rings. The lowest BCUT2D eigenvalue weighted by atomic mass is 10.5. The normalized spacial score (nSPS) is 14.4. The lowest BCUT2D eigenvalue weighted by Crippen LogP contribution is -2.25. The summed E-state index contributed by atoms with van der Waals surface area (Å²) in [7, 11) is 1.90. The summed E-state index contributed by atoms with van der Waals surface area (Å²) in [5, 5.41) is 4.24. The molecule has 8 heteroatoms. The van der Waals surface area contributed by atoms with Crippen LogP contribution in [0.5, 0.6) is 0 Å². The van der Waals surface area contributed by atoms with Gasteiger partial charge in [0.2, 0.25) is 11.2 Å². The Labute approximate surface area is 127 Å². The topological polar surface area (TPSA) is 69.0 Å². The van der Waals surface area contributed by atoms with Crippen LogP contribution in [0.3, 0.4) is 0 Å². The van der Waals surface area contributed by atoms with E-state index in [0.29, 0.717) is 25.0 Å². The quantitative estimate of drug-likeness (QED) is 0.723. The van der Waals surface area contributed by atoms with Crippen LogP contribution in [0, 0.1) is 5.92 Å². The van der Waals surface area contributed by atoms with Crippen LogP contribution in [0.15, 0.2) is 18.5 Å². The molecule has 2 heterocycles. The standard InChI is InChI=1S/C13H17ClN6O/c1-19(7-8-21-9-10-3-4-10)12-16-11(14)17-13(18-12)20-6-2-5-15-20/h2,5-6,10H,3-4,7-9H2,1H3. The van der Waals surface area contributed by atoms with E-state index in [-0.39, 0.29) is 5.28 Å². The molecule has 1 saturated carbocycles. The van der Waals surface area contributed by atoms with Crippen LogP contribution in [-0.4, -0.2) is 51.5 Å². The van der Waals surface area contributed by atoms with Crippen molar-refractivity contribution >= 4 is 17.5 Å². The molecule has 3 rings (SSSR count). The van der Waals surface area contributed by atoms with E-state index in [2.05, 4.69) is 20.1 Å². The first-order valence-electron chi connectivity index (χ1n) is 6.93. The molecule has 0 amide bonds. The molecule has 7 nitrogen and oxygen atoms in total. The zero-order chi connectivity index (χ0) is 14.7. The van der Waals surface area contributed by atoms with Crippen molar-refractivity contribution in [2.75, 3.05) is 31.7 Å². The van der Waals surface area contributed by atoms with E-state index in [4.69, 9.17) is 16.3 Å². The molecule has 1 aliphatic rings. The molecule has 2 aromatic heterocycles. The van der Waals surface area contributed by atoms with Crippen LogP contribution in [0.4, 0.5) is 5.95 Å². The predicted molar refractivity (Wildman–Crippen MR) is 78.8 cm³/mol. The molecule has 0 N–H and O–H groups in total. The SMILES string of the molecule is CN(CCOCC1CC1)c1nc(Cl)nc(-n2cccn2)n1. The van der Waals surface area contributed by atoms with Gasteiger partial charge in [-0.3, -0.25) is 0 Å². The van der Waals surface area contributed by atoms with Gasteiger partial charge in [-0.25, -0.2) is 4.68 Å². The van der Waals surface area contributed by atoms with Gasteiger partial charge in [-0.15, -0.1) is 0 Å². The maximum atomic E-state index is 5.96. The van der Waals surface area contributed by atoms with E-state index >= 15 is 0 Å². The fourth-order valence-electron chi connectivity index (χ4n) is 1.83.